The van der Waals surface area contributed by atoms with E-state index in [9.17, 15) is 4.79 Å². The van der Waals surface area contributed by atoms with Gasteiger partial charge in [0.05, 0.1) is 17.1 Å². The fourth-order valence-electron chi connectivity index (χ4n) is 1.97. The lowest BCUT2D eigenvalue weighted by Crippen LogP contribution is -2.07. The number of nitrogens with zero attached hydrogens (tertiary/aromatic N) is 5. The van der Waals surface area contributed by atoms with Gasteiger partial charge in [-0.05, 0) is 35.5 Å². The van der Waals surface area contributed by atoms with Crippen molar-refractivity contribution in [3.05, 3.63) is 41.8 Å². The van der Waals surface area contributed by atoms with E-state index in [2.05, 4.69) is 26.0 Å². The van der Waals surface area contributed by atoms with Gasteiger partial charge >= 0.3 is 0 Å². The summed E-state index contributed by atoms with van der Waals surface area (Å²) >= 11 is 1.44. The third-order valence-electron chi connectivity index (χ3n) is 2.87. The standard InChI is InChI=1S/C14H14N6O2S/c1-9-6-13(22-17-9)8-23-14-16-18-19-20(14)12-5-3-4-11(7-12)15-10(2)21/h3-7H,8H2,1-2H3,(H,15,21). The molecule has 0 saturated carbocycles. The van der Waals surface area contributed by atoms with Gasteiger partial charge < -0.3 is 9.84 Å². The Kier molecular flexibility index (Phi) is 4.38. The molecule has 0 spiro atoms. The van der Waals surface area contributed by atoms with Crippen LogP contribution in [0.3, 0.4) is 0 Å². The van der Waals surface area contributed by atoms with Crippen molar-refractivity contribution >= 4 is 23.4 Å². The Morgan fingerprint density at radius 1 is 1.39 bits per heavy atom. The van der Waals surface area contributed by atoms with Crippen molar-refractivity contribution in [3.63, 3.8) is 0 Å². The number of hydrogen-bond acceptors (Lipinski definition) is 7. The first-order chi connectivity index (χ1) is 11.1. The minimum atomic E-state index is -0.130. The monoisotopic (exact) mass is 330 g/mol. The zero-order valence-electron chi connectivity index (χ0n) is 12.6. The third kappa shape index (κ3) is 3.75. The fraction of sp³-hybridized carbons (Fsp3) is 0.214. The van der Waals surface area contributed by atoms with Crippen molar-refractivity contribution < 1.29 is 9.32 Å². The molecule has 0 aliphatic carbocycles. The molecule has 23 heavy (non-hydrogen) atoms. The Morgan fingerprint density at radius 3 is 3.00 bits per heavy atom. The zero-order valence-corrected chi connectivity index (χ0v) is 13.4. The molecule has 2 heterocycles. The largest absolute Gasteiger partial charge is 0.360 e. The SMILES string of the molecule is CC(=O)Nc1cccc(-n2nnnc2SCc2cc(C)no2)c1. The van der Waals surface area contributed by atoms with Gasteiger partial charge in [0.1, 0.15) is 5.76 Å². The number of rotatable bonds is 5. The number of nitrogens with one attached hydrogen (secondary N) is 1. The van der Waals surface area contributed by atoms with E-state index in [4.69, 9.17) is 4.52 Å². The second kappa shape index (κ2) is 6.61. The average Bonchev–Trinajstić information content (AvgIpc) is 3.13. The summed E-state index contributed by atoms with van der Waals surface area (Å²) in [5.41, 5.74) is 2.29. The predicted octanol–water partition coefficient (Wildman–Crippen LogP) is 2.21. The number of tetrazole rings is 1. The molecule has 3 aromatic rings. The molecule has 0 fully saturated rings. The van der Waals surface area contributed by atoms with Crippen LogP contribution in [0.4, 0.5) is 5.69 Å². The van der Waals surface area contributed by atoms with Gasteiger partial charge in [-0.1, -0.05) is 23.0 Å². The summed E-state index contributed by atoms with van der Waals surface area (Å²) in [5.74, 6) is 1.20. The van der Waals surface area contributed by atoms with Crippen LogP contribution in [-0.4, -0.2) is 31.3 Å². The van der Waals surface area contributed by atoms with E-state index < -0.39 is 0 Å². The second-order valence-corrected chi connectivity index (χ2v) is 5.77. The summed E-state index contributed by atoms with van der Waals surface area (Å²) in [6.45, 7) is 3.33. The molecule has 3 rings (SSSR count). The molecular formula is C14H14N6O2S. The number of aromatic nitrogens is 5. The Hall–Kier alpha value is -2.68. The summed E-state index contributed by atoms with van der Waals surface area (Å²) in [6, 6.07) is 9.18. The molecule has 0 unspecified atom stereocenters. The molecule has 0 saturated heterocycles. The van der Waals surface area contributed by atoms with Crippen LogP contribution >= 0.6 is 11.8 Å². The maximum absolute atomic E-state index is 11.2. The molecule has 8 nitrogen and oxygen atoms in total. The highest BCUT2D eigenvalue weighted by Crippen LogP contribution is 2.23. The number of thioether (sulfide) groups is 1. The van der Waals surface area contributed by atoms with Crippen LogP contribution < -0.4 is 5.32 Å². The van der Waals surface area contributed by atoms with E-state index in [-0.39, 0.29) is 5.91 Å². The summed E-state index contributed by atoms with van der Waals surface area (Å²) in [7, 11) is 0. The van der Waals surface area contributed by atoms with E-state index in [1.54, 1.807) is 16.8 Å². The second-order valence-electron chi connectivity index (χ2n) is 4.83. The van der Waals surface area contributed by atoms with E-state index in [0.717, 1.165) is 17.1 Å². The lowest BCUT2D eigenvalue weighted by molar-refractivity contribution is -0.114. The van der Waals surface area contributed by atoms with E-state index in [0.29, 0.717) is 16.6 Å². The van der Waals surface area contributed by atoms with Crippen molar-refractivity contribution in [1.29, 1.82) is 0 Å². The van der Waals surface area contributed by atoms with Gasteiger partial charge in [-0.15, -0.1) is 5.10 Å². The Balaban J connectivity index is 1.78. The zero-order chi connectivity index (χ0) is 16.2. The molecule has 0 radical (unpaired) electrons. The van der Waals surface area contributed by atoms with Gasteiger partial charge in [0.2, 0.25) is 11.1 Å². The number of carbonyl (C=O) groups excluding carboxylic acids is 1. The summed E-state index contributed by atoms with van der Waals surface area (Å²) < 4.78 is 6.79. The molecule has 118 valence electrons. The average molecular weight is 330 g/mol. The molecule has 0 aliphatic heterocycles. The van der Waals surface area contributed by atoms with Crippen LogP contribution in [0.1, 0.15) is 18.4 Å². The van der Waals surface area contributed by atoms with E-state index in [1.807, 2.05) is 25.1 Å². The number of anilines is 1. The van der Waals surface area contributed by atoms with Crippen molar-refractivity contribution in [2.45, 2.75) is 24.8 Å². The lowest BCUT2D eigenvalue weighted by Gasteiger charge is -2.06. The molecule has 1 aromatic carbocycles. The number of amides is 1. The van der Waals surface area contributed by atoms with Gasteiger partial charge in [-0.2, -0.15) is 4.68 Å². The maximum Gasteiger partial charge on any atom is 0.221 e. The van der Waals surface area contributed by atoms with Gasteiger partial charge in [-0.3, -0.25) is 4.79 Å². The van der Waals surface area contributed by atoms with E-state index in [1.165, 1.54) is 18.7 Å². The minimum Gasteiger partial charge on any atom is -0.360 e. The van der Waals surface area contributed by atoms with Crippen LogP contribution in [0.5, 0.6) is 0 Å². The Labute approximate surface area is 136 Å². The fourth-order valence-corrected chi connectivity index (χ4v) is 2.74. The third-order valence-corrected chi connectivity index (χ3v) is 3.81. The first-order valence-corrected chi connectivity index (χ1v) is 7.82. The molecule has 0 bridgehead atoms. The maximum atomic E-state index is 11.2. The Bertz CT molecular complexity index is 828. The highest BCUT2D eigenvalue weighted by atomic mass is 32.2. The predicted molar refractivity (Wildman–Crippen MR) is 84.3 cm³/mol. The summed E-state index contributed by atoms with van der Waals surface area (Å²) in [5, 5.41) is 18.9. The van der Waals surface area contributed by atoms with Crippen molar-refractivity contribution in [2.24, 2.45) is 0 Å². The van der Waals surface area contributed by atoms with Crippen LogP contribution in [0, 0.1) is 6.92 Å². The van der Waals surface area contributed by atoms with Crippen LogP contribution in [0.25, 0.3) is 5.69 Å². The quantitative estimate of drug-likeness (QED) is 0.716. The van der Waals surface area contributed by atoms with Crippen LogP contribution in [0.15, 0.2) is 40.0 Å². The highest BCUT2D eigenvalue weighted by molar-refractivity contribution is 7.98. The number of benzene rings is 1. The smallest absolute Gasteiger partial charge is 0.221 e. The normalized spacial score (nSPS) is 10.7. The molecular weight excluding hydrogens is 316 g/mol. The van der Waals surface area contributed by atoms with Crippen LogP contribution in [-0.2, 0) is 10.5 Å². The molecule has 2 aromatic heterocycles. The molecule has 9 heteroatoms. The molecule has 1 N–H and O–H groups in total. The summed E-state index contributed by atoms with van der Waals surface area (Å²) in [4.78, 5) is 11.2. The van der Waals surface area contributed by atoms with Gasteiger partial charge in [0.15, 0.2) is 0 Å². The highest BCUT2D eigenvalue weighted by Gasteiger charge is 2.11. The molecule has 1 amide bonds. The van der Waals surface area contributed by atoms with Crippen LogP contribution in [0.2, 0.25) is 0 Å². The number of carbonyl (C=O) groups is 1. The minimum absolute atomic E-state index is 0.130. The van der Waals surface area contributed by atoms with Gasteiger partial charge in [0, 0.05) is 18.7 Å². The first-order valence-electron chi connectivity index (χ1n) is 6.83. The molecule has 0 atom stereocenters. The van der Waals surface area contributed by atoms with Gasteiger partial charge in [-0.25, -0.2) is 0 Å². The van der Waals surface area contributed by atoms with Gasteiger partial charge in [0.25, 0.3) is 0 Å². The van der Waals surface area contributed by atoms with Crippen molar-refractivity contribution in [2.75, 3.05) is 5.32 Å². The van der Waals surface area contributed by atoms with Crippen molar-refractivity contribution in [1.82, 2.24) is 25.4 Å². The Morgan fingerprint density at radius 2 is 2.26 bits per heavy atom. The molecule has 0 aliphatic rings. The lowest BCUT2D eigenvalue weighted by atomic mass is 10.3. The number of hydrogen-bond donors (Lipinski definition) is 1. The summed E-state index contributed by atoms with van der Waals surface area (Å²) in [6.07, 6.45) is 0. The van der Waals surface area contributed by atoms with Crippen molar-refractivity contribution in [3.8, 4) is 5.69 Å². The number of aryl methyl sites for hydroxylation is 1. The first kappa shape index (κ1) is 15.2. The van der Waals surface area contributed by atoms with E-state index >= 15 is 0 Å². The topological polar surface area (TPSA) is 98.7 Å².